The van der Waals surface area contributed by atoms with E-state index in [1.54, 1.807) is 25.3 Å². The van der Waals surface area contributed by atoms with Gasteiger partial charge in [-0.1, -0.05) is 23.4 Å². The van der Waals surface area contributed by atoms with Crippen LogP contribution < -0.4 is 10.1 Å². The predicted octanol–water partition coefficient (Wildman–Crippen LogP) is 2.68. The van der Waals surface area contributed by atoms with Crippen molar-refractivity contribution in [1.82, 2.24) is 15.1 Å². The van der Waals surface area contributed by atoms with E-state index in [0.29, 0.717) is 23.1 Å². The van der Waals surface area contributed by atoms with Crippen molar-refractivity contribution in [2.75, 3.05) is 12.4 Å². The molecule has 1 aromatic carbocycles. The summed E-state index contributed by atoms with van der Waals surface area (Å²) in [6, 6.07) is 12.4. The Kier molecular flexibility index (Phi) is 5.43. The molecule has 0 aliphatic heterocycles. The van der Waals surface area contributed by atoms with Gasteiger partial charge in [0, 0.05) is 6.20 Å². The normalized spacial score (nSPS) is 11.6. The minimum absolute atomic E-state index is 0.206. The number of nitrogens with zero attached hydrogens (tertiary/aromatic N) is 3. The van der Waals surface area contributed by atoms with Gasteiger partial charge >= 0.3 is 5.97 Å². The number of carbonyl (C=O) groups is 1. The van der Waals surface area contributed by atoms with Gasteiger partial charge in [-0.2, -0.15) is 4.98 Å². The van der Waals surface area contributed by atoms with Gasteiger partial charge in [0.2, 0.25) is 5.82 Å². The number of rotatable bonds is 7. The summed E-state index contributed by atoms with van der Waals surface area (Å²) < 4.78 is 15.5. The average molecular weight is 354 g/mol. The first-order chi connectivity index (χ1) is 12.7. The van der Waals surface area contributed by atoms with Gasteiger partial charge in [0.1, 0.15) is 17.6 Å². The Labute approximate surface area is 150 Å². The van der Waals surface area contributed by atoms with Crippen LogP contribution in [0.4, 0.5) is 5.82 Å². The SMILES string of the molecule is COC(=O)[C@@H](C)Nc1ccc(-c2nc(COc3ccccc3)no2)cn1. The van der Waals surface area contributed by atoms with Gasteiger partial charge in [-0.15, -0.1) is 0 Å². The molecular formula is C18H18N4O4. The zero-order valence-electron chi connectivity index (χ0n) is 14.4. The molecule has 3 rings (SSSR count). The first-order valence-corrected chi connectivity index (χ1v) is 7.97. The Bertz CT molecular complexity index is 849. The van der Waals surface area contributed by atoms with Gasteiger partial charge in [-0.3, -0.25) is 0 Å². The van der Waals surface area contributed by atoms with Gasteiger partial charge in [-0.25, -0.2) is 9.78 Å². The summed E-state index contributed by atoms with van der Waals surface area (Å²) in [7, 11) is 1.34. The van der Waals surface area contributed by atoms with Crippen molar-refractivity contribution in [2.45, 2.75) is 19.6 Å². The lowest BCUT2D eigenvalue weighted by atomic mass is 10.2. The van der Waals surface area contributed by atoms with Crippen LogP contribution in [0, 0.1) is 0 Å². The summed E-state index contributed by atoms with van der Waals surface area (Å²) in [4.78, 5) is 19.9. The lowest BCUT2D eigenvalue weighted by molar-refractivity contribution is -0.141. The zero-order valence-corrected chi connectivity index (χ0v) is 14.4. The van der Waals surface area contributed by atoms with Gasteiger partial charge in [0.05, 0.1) is 12.7 Å². The smallest absolute Gasteiger partial charge is 0.328 e. The fourth-order valence-electron chi connectivity index (χ4n) is 2.16. The van der Waals surface area contributed by atoms with Crippen molar-refractivity contribution in [3.05, 3.63) is 54.5 Å². The van der Waals surface area contributed by atoms with Crippen LogP contribution >= 0.6 is 0 Å². The van der Waals surface area contributed by atoms with Crippen LogP contribution in [0.5, 0.6) is 5.75 Å². The number of carbonyl (C=O) groups excluding carboxylic acids is 1. The number of nitrogens with one attached hydrogen (secondary N) is 1. The van der Waals surface area contributed by atoms with Gasteiger partial charge in [0.25, 0.3) is 5.89 Å². The second-order valence-electron chi connectivity index (χ2n) is 5.44. The van der Waals surface area contributed by atoms with Crippen LogP contribution in [0.25, 0.3) is 11.5 Å². The number of methoxy groups -OCH3 is 1. The van der Waals surface area contributed by atoms with E-state index >= 15 is 0 Å². The van der Waals surface area contributed by atoms with E-state index in [4.69, 9.17) is 9.26 Å². The van der Waals surface area contributed by atoms with E-state index in [-0.39, 0.29) is 12.6 Å². The van der Waals surface area contributed by atoms with E-state index in [1.807, 2.05) is 30.3 Å². The minimum Gasteiger partial charge on any atom is -0.485 e. The second kappa shape index (κ2) is 8.11. The highest BCUT2D eigenvalue weighted by Gasteiger charge is 2.14. The second-order valence-corrected chi connectivity index (χ2v) is 5.44. The molecule has 0 bridgehead atoms. The van der Waals surface area contributed by atoms with Crippen LogP contribution in [0.3, 0.4) is 0 Å². The fraction of sp³-hybridized carbons (Fsp3) is 0.222. The lowest BCUT2D eigenvalue weighted by Crippen LogP contribution is -2.27. The van der Waals surface area contributed by atoms with Gasteiger partial charge in [0.15, 0.2) is 6.61 Å². The molecule has 0 saturated heterocycles. The molecule has 26 heavy (non-hydrogen) atoms. The Morgan fingerprint density at radius 3 is 2.73 bits per heavy atom. The molecule has 3 aromatic rings. The third kappa shape index (κ3) is 4.35. The number of ether oxygens (including phenoxy) is 2. The minimum atomic E-state index is -0.497. The largest absolute Gasteiger partial charge is 0.485 e. The highest BCUT2D eigenvalue weighted by Crippen LogP contribution is 2.19. The van der Waals surface area contributed by atoms with Crippen LogP contribution in [0.1, 0.15) is 12.7 Å². The van der Waals surface area contributed by atoms with Crippen molar-refractivity contribution in [3.63, 3.8) is 0 Å². The Morgan fingerprint density at radius 1 is 1.23 bits per heavy atom. The third-order valence-corrected chi connectivity index (χ3v) is 3.51. The molecule has 0 spiro atoms. The number of hydrogen-bond donors (Lipinski definition) is 1. The fourth-order valence-corrected chi connectivity index (χ4v) is 2.16. The monoisotopic (exact) mass is 354 g/mol. The Balaban J connectivity index is 1.61. The topological polar surface area (TPSA) is 99.4 Å². The molecular weight excluding hydrogens is 336 g/mol. The highest BCUT2D eigenvalue weighted by atomic mass is 16.5. The maximum Gasteiger partial charge on any atom is 0.328 e. The molecule has 0 radical (unpaired) electrons. The highest BCUT2D eigenvalue weighted by molar-refractivity contribution is 5.78. The van der Waals surface area contributed by atoms with Gasteiger partial charge in [-0.05, 0) is 31.2 Å². The molecule has 2 heterocycles. The summed E-state index contributed by atoms with van der Waals surface area (Å²) >= 11 is 0. The number of benzene rings is 1. The molecule has 1 atom stereocenters. The van der Waals surface area contributed by atoms with Crippen molar-refractivity contribution < 1.29 is 18.8 Å². The molecule has 2 aromatic heterocycles. The van der Waals surface area contributed by atoms with Crippen LogP contribution in [-0.2, 0) is 16.1 Å². The molecule has 8 heteroatoms. The molecule has 134 valence electrons. The number of esters is 1. The molecule has 0 fully saturated rings. The number of aromatic nitrogens is 3. The first-order valence-electron chi connectivity index (χ1n) is 7.97. The first kappa shape index (κ1) is 17.4. The van der Waals surface area contributed by atoms with E-state index in [9.17, 15) is 4.79 Å². The molecule has 0 aliphatic rings. The van der Waals surface area contributed by atoms with Crippen molar-refractivity contribution >= 4 is 11.8 Å². The lowest BCUT2D eigenvalue weighted by Gasteiger charge is -2.11. The Hall–Kier alpha value is -3.42. The van der Waals surface area contributed by atoms with Crippen molar-refractivity contribution in [1.29, 1.82) is 0 Å². The number of anilines is 1. The standard InChI is InChI=1S/C18H18N4O4/c1-12(18(23)24-2)20-15-9-8-13(10-19-15)17-21-16(22-26-17)11-25-14-6-4-3-5-7-14/h3-10,12H,11H2,1-2H3,(H,19,20)/t12-/m1/s1. The molecule has 0 saturated carbocycles. The summed E-state index contributed by atoms with van der Waals surface area (Å²) in [6.45, 7) is 1.90. The Morgan fingerprint density at radius 2 is 2.04 bits per heavy atom. The number of hydrogen-bond acceptors (Lipinski definition) is 8. The maximum absolute atomic E-state index is 11.4. The zero-order chi connectivity index (χ0) is 18.4. The maximum atomic E-state index is 11.4. The molecule has 1 N–H and O–H groups in total. The van der Waals surface area contributed by atoms with Gasteiger partial charge < -0.3 is 19.3 Å². The number of pyridine rings is 1. The van der Waals surface area contributed by atoms with E-state index in [1.165, 1.54) is 7.11 Å². The molecule has 8 nitrogen and oxygen atoms in total. The summed E-state index contributed by atoms with van der Waals surface area (Å²) in [6.07, 6.45) is 1.58. The summed E-state index contributed by atoms with van der Waals surface area (Å²) in [5.41, 5.74) is 0.666. The van der Waals surface area contributed by atoms with Crippen LogP contribution in [0.15, 0.2) is 53.2 Å². The van der Waals surface area contributed by atoms with E-state index < -0.39 is 6.04 Å². The molecule has 0 aliphatic carbocycles. The van der Waals surface area contributed by atoms with Crippen LogP contribution in [0.2, 0.25) is 0 Å². The quantitative estimate of drug-likeness (QED) is 0.647. The predicted molar refractivity (Wildman–Crippen MR) is 93.4 cm³/mol. The third-order valence-electron chi connectivity index (χ3n) is 3.51. The van der Waals surface area contributed by atoms with Crippen molar-refractivity contribution in [2.24, 2.45) is 0 Å². The summed E-state index contributed by atoms with van der Waals surface area (Å²) in [5.74, 6) is 1.69. The average Bonchev–Trinajstić information content (AvgIpc) is 3.16. The number of para-hydroxylation sites is 1. The van der Waals surface area contributed by atoms with E-state index in [0.717, 1.165) is 5.75 Å². The molecule has 0 unspecified atom stereocenters. The summed E-state index contributed by atoms with van der Waals surface area (Å²) in [5, 5.41) is 6.84. The van der Waals surface area contributed by atoms with Crippen LogP contribution in [-0.4, -0.2) is 34.2 Å². The van der Waals surface area contributed by atoms with E-state index in [2.05, 4.69) is 25.2 Å². The molecule has 0 amide bonds. The van der Waals surface area contributed by atoms with Crippen molar-refractivity contribution in [3.8, 4) is 17.2 Å².